The Morgan fingerprint density at radius 2 is 2.12 bits per heavy atom. The molecular weight excluding hydrogens is 302 g/mol. The fourth-order valence-corrected chi connectivity index (χ4v) is 3.23. The Morgan fingerprint density at radius 3 is 2.83 bits per heavy atom. The predicted molar refractivity (Wildman–Crippen MR) is 96.4 cm³/mol. The summed E-state index contributed by atoms with van der Waals surface area (Å²) in [6.45, 7) is 5.60. The summed E-state index contributed by atoms with van der Waals surface area (Å²) in [4.78, 5) is 26.1. The van der Waals surface area contributed by atoms with E-state index in [0.29, 0.717) is 6.54 Å². The summed E-state index contributed by atoms with van der Waals surface area (Å²) >= 11 is 0. The molecule has 0 unspecified atom stereocenters. The van der Waals surface area contributed by atoms with E-state index in [0.717, 1.165) is 49.9 Å². The summed E-state index contributed by atoms with van der Waals surface area (Å²) in [7, 11) is 0. The van der Waals surface area contributed by atoms with Gasteiger partial charge in [0.05, 0.1) is 6.04 Å². The van der Waals surface area contributed by atoms with Crippen LogP contribution in [0.3, 0.4) is 0 Å². The molecule has 0 saturated carbocycles. The van der Waals surface area contributed by atoms with E-state index < -0.39 is 0 Å². The minimum Gasteiger partial charge on any atom is -0.368 e. The van der Waals surface area contributed by atoms with Crippen molar-refractivity contribution < 1.29 is 9.59 Å². The van der Waals surface area contributed by atoms with Crippen LogP contribution in [-0.2, 0) is 16.1 Å². The second-order valence-corrected chi connectivity index (χ2v) is 6.72. The first-order chi connectivity index (χ1) is 11.5. The van der Waals surface area contributed by atoms with Crippen LogP contribution in [0.5, 0.6) is 0 Å². The molecule has 1 heterocycles. The number of likely N-dealkylation sites (tertiary alicyclic amines) is 1. The van der Waals surface area contributed by atoms with Gasteiger partial charge in [0.1, 0.15) is 0 Å². The third-order valence-electron chi connectivity index (χ3n) is 4.78. The van der Waals surface area contributed by atoms with E-state index in [1.54, 1.807) is 0 Å². The Bertz CT molecular complexity index is 573. The van der Waals surface area contributed by atoms with Crippen LogP contribution < -0.4 is 11.1 Å². The Labute approximate surface area is 144 Å². The zero-order valence-corrected chi connectivity index (χ0v) is 14.8. The van der Waals surface area contributed by atoms with Crippen molar-refractivity contribution in [3.8, 4) is 0 Å². The van der Waals surface area contributed by atoms with Gasteiger partial charge in [0.2, 0.25) is 11.8 Å². The lowest BCUT2D eigenvalue weighted by Crippen LogP contribution is -2.39. The third kappa shape index (κ3) is 4.81. The molecule has 0 radical (unpaired) electrons. The molecule has 3 N–H and O–H groups in total. The van der Waals surface area contributed by atoms with Gasteiger partial charge in [0, 0.05) is 18.2 Å². The predicted octanol–water partition coefficient (Wildman–Crippen LogP) is 2.90. The number of hydrogen-bond acceptors (Lipinski definition) is 3. The van der Waals surface area contributed by atoms with Gasteiger partial charge >= 0.3 is 0 Å². The second-order valence-electron chi connectivity index (χ2n) is 6.72. The van der Waals surface area contributed by atoms with Crippen molar-refractivity contribution in [2.45, 2.75) is 58.5 Å². The smallest absolute Gasteiger partial charge is 0.234 e. The Balaban J connectivity index is 2.04. The first-order valence-corrected chi connectivity index (χ1v) is 8.95. The summed E-state index contributed by atoms with van der Waals surface area (Å²) in [5, 5.41) is 3.06. The van der Waals surface area contributed by atoms with Crippen molar-refractivity contribution in [2.75, 3.05) is 11.9 Å². The molecule has 1 aliphatic heterocycles. The number of primary amides is 1. The highest BCUT2D eigenvalue weighted by Crippen LogP contribution is 2.24. The number of benzene rings is 1. The number of amides is 2. The van der Waals surface area contributed by atoms with Crippen LogP contribution >= 0.6 is 0 Å². The van der Waals surface area contributed by atoms with E-state index in [4.69, 9.17) is 5.73 Å². The maximum absolute atomic E-state index is 12.4. The van der Waals surface area contributed by atoms with Gasteiger partial charge in [-0.2, -0.15) is 0 Å². The van der Waals surface area contributed by atoms with Crippen molar-refractivity contribution in [1.82, 2.24) is 4.90 Å². The number of unbranched alkanes of at least 4 members (excludes halogenated alkanes) is 1. The van der Waals surface area contributed by atoms with Gasteiger partial charge in [0.15, 0.2) is 0 Å². The van der Waals surface area contributed by atoms with Gasteiger partial charge < -0.3 is 11.1 Å². The van der Waals surface area contributed by atoms with Crippen molar-refractivity contribution in [3.63, 3.8) is 0 Å². The molecule has 1 aromatic carbocycles. The summed E-state index contributed by atoms with van der Waals surface area (Å²) in [5.41, 5.74) is 7.36. The van der Waals surface area contributed by atoms with Crippen LogP contribution in [0.15, 0.2) is 24.3 Å². The first-order valence-electron chi connectivity index (χ1n) is 8.95. The van der Waals surface area contributed by atoms with Crippen LogP contribution in [0.25, 0.3) is 0 Å². The highest BCUT2D eigenvalue weighted by molar-refractivity contribution is 5.93. The van der Waals surface area contributed by atoms with E-state index in [-0.39, 0.29) is 23.8 Å². The summed E-state index contributed by atoms with van der Waals surface area (Å²) < 4.78 is 0. The molecule has 2 rings (SSSR count). The summed E-state index contributed by atoms with van der Waals surface area (Å²) in [5.74, 6) is -0.200. The SMILES string of the molecule is CCCC[C@H](C)C(=O)Nc1ccccc1CN1CCC[C@H]1C(N)=O. The molecule has 0 aromatic heterocycles. The fraction of sp³-hybridized carbons (Fsp3) is 0.579. The number of nitrogens with zero attached hydrogens (tertiary/aromatic N) is 1. The maximum Gasteiger partial charge on any atom is 0.234 e. The minimum atomic E-state index is -0.262. The van der Waals surface area contributed by atoms with Crippen LogP contribution in [0.4, 0.5) is 5.69 Å². The molecule has 2 amide bonds. The topological polar surface area (TPSA) is 75.4 Å². The minimum absolute atomic E-state index is 0.00293. The van der Waals surface area contributed by atoms with E-state index >= 15 is 0 Å². The lowest BCUT2D eigenvalue weighted by atomic mass is 10.0. The maximum atomic E-state index is 12.4. The zero-order valence-electron chi connectivity index (χ0n) is 14.8. The normalized spacial score (nSPS) is 19.2. The molecule has 1 aromatic rings. The molecule has 24 heavy (non-hydrogen) atoms. The second kappa shape index (κ2) is 8.83. The fourth-order valence-electron chi connectivity index (χ4n) is 3.23. The van der Waals surface area contributed by atoms with Gasteiger partial charge in [-0.15, -0.1) is 0 Å². The van der Waals surface area contributed by atoms with Gasteiger partial charge in [0.25, 0.3) is 0 Å². The highest BCUT2D eigenvalue weighted by atomic mass is 16.2. The van der Waals surface area contributed by atoms with Gasteiger partial charge in [-0.3, -0.25) is 14.5 Å². The molecule has 5 heteroatoms. The quantitative estimate of drug-likeness (QED) is 0.769. The standard InChI is InChI=1S/C19H29N3O2/c1-3-4-8-14(2)19(24)21-16-10-6-5-9-15(16)13-22-12-7-11-17(22)18(20)23/h5-6,9-10,14,17H,3-4,7-8,11-13H2,1-2H3,(H2,20,23)(H,21,24)/t14-,17-/m0/s1. The Hall–Kier alpha value is -1.88. The Morgan fingerprint density at radius 1 is 1.38 bits per heavy atom. The highest BCUT2D eigenvalue weighted by Gasteiger charge is 2.29. The third-order valence-corrected chi connectivity index (χ3v) is 4.78. The lowest BCUT2D eigenvalue weighted by Gasteiger charge is -2.23. The van der Waals surface area contributed by atoms with Crippen LogP contribution in [0, 0.1) is 5.92 Å². The number of para-hydroxylation sites is 1. The average Bonchev–Trinajstić information content (AvgIpc) is 3.02. The number of carbonyl (C=O) groups is 2. The van der Waals surface area contributed by atoms with E-state index in [2.05, 4.69) is 17.1 Å². The van der Waals surface area contributed by atoms with Gasteiger partial charge in [-0.1, -0.05) is 44.9 Å². The van der Waals surface area contributed by atoms with Crippen LogP contribution in [-0.4, -0.2) is 29.3 Å². The van der Waals surface area contributed by atoms with Crippen molar-refractivity contribution in [2.24, 2.45) is 11.7 Å². The zero-order chi connectivity index (χ0) is 17.5. The van der Waals surface area contributed by atoms with E-state index in [9.17, 15) is 9.59 Å². The van der Waals surface area contributed by atoms with Crippen LogP contribution in [0.1, 0.15) is 51.5 Å². The van der Waals surface area contributed by atoms with E-state index in [1.165, 1.54) is 0 Å². The number of hydrogen-bond donors (Lipinski definition) is 2. The first kappa shape index (κ1) is 18.5. The van der Waals surface area contributed by atoms with Gasteiger partial charge in [-0.05, 0) is 37.4 Å². The molecular formula is C19H29N3O2. The number of anilines is 1. The van der Waals surface area contributed by atoms with E-state index in [1.807, 2.05) is 31.2 Å². The van der Waals surface area contributed by atoms with Crippen LogP contribution in [0.2, 0.25) is 0 Å². The molecule has 2 atom stereocenters. The van der Waals surface area contributed by atoms with Crippen molar-refractivity contribution in [1.29, 1.82) is 0 Å². The average molecular weight is 331 g/mol. The summed E-state index contributed by atoms with van der Waals surface area (Å²) in [6, 6.07) is 7.61. The molecule has 0 aliphatic carbocycles. The Kier molecular flexibility index (Phi) is 6.79. The monoisotopic (exact) mass is 331 g/mol. The molecule has 132 valence electrons. The largest absolute Gasteiger partial charge is 0.368 e. The molecule has 1 saturated heterocycles. The van der Waals surface area contributed by atoms with Crippen molar-refractivity contribution >= 4 is 17.5 Å². The number of carbonyl (C=O) groups excluding carboxylic acids is 2. The number of nitrogens with two attached hydrogens (primary N) is 1. The lowest BCUT2D eigenvalue weighted by molar-refractivity contribution is -0.122. The molecule has 0 spiro atoms. The molecule has 5 nitrogen and oxygen atoms in total. The number of rotatable bonds is 8. The number of nitrogens with one attached hydrogen (secondary N) is 1. The molecule has 1 fully saturated rings. The molecule has 1 aliphatic rings. The summed E-state index contributed by atoms with van der Waals surface area (Å²) in [6.07, 6.45) is 4.86. The van der Waals surface area contributed by atoms with Gasteiger partial charge in [-0.25, -0.2) is 0 Å². The molecule has 0 bridgehead atoms. The van der Waals surface area contributed by atoms with Crippen molar-refractivity contribution in [3.05, 3.63) is 29.8 Å².